The fourth-order valence-electron chi connectivity index (χ4n) is 3.04. The van der Waals surface area contributed by atoms with Crippen molar-refractivity contribution in [2.24, 2.45) is 0 Å². The molecule has 0 radical (unpaired) electrons. The number of hydrogen-bond donors (Lipinski definition) is 1. The van der Waals surface area contributed by atoms with Gasteiger partial charge in [-0.2, -0.15) is 0 Å². The molecule has 0 bridgehead atoms. The largest absolute Gasteiger partial charge is 0.396 e. The fraction of sp³-hybridized carbons (Fsp3) is 0.353. The first-order valence-electron chi connectivity index (χ1n) is 7.42. The lowest BCUT2D eigenvalue weighted by Gasteiger charge is -2.38. The predicted octanol–water partition coefficient (Wildman–Crippen LogP) is 2.61. The zero-order chi connectivity index (χ0) is 14.8. The van der Waals surface area contributed by atoms with Crippen LogP contribution >= 0.6 is 0 Å². The monoisotopic (exact) mass is 282 g/mol. The fourth-order valence-corrected chi connectivity index (χ4v) is 3.04. The lowest BCUT2D eigenvalue weighted by Crippen LogP contribution is -2.47. The van der Waals surface area contributed by atoms with Gasteiger partial charge in [0.05, 0.1) is 17.6 Å². The maximum atomic E-state index is 6.02. The molecular weight excluding hydrogens is 260 g/mol. The number of nitrogens with zero attached hydrogens (tertiary/aromatic N) is 3. The highest BCUT2D eigenvalue weighted by Gasteiger charge is 2.19. The van der Waals surface area contributed by atoms with E-state index in [0.29, 0.717) is 0 Å². The third-order valence-corrected chi connectivity index (χ3v) is 4.14. The highest BCUT2D eigenvalue weighted by Crippen LogP contribution is 2.26. The van der Waals surface area contributed by atoms with Crippen molar-refractivity contribution in [2.75, 3.05) is 41.7 Å². The predicted molar refractivity (Wildman–Crippen MR) is 89.0 cm³/mol. The Hall–Kier alpha value is -2.23. The van der Waals surface area contributed by atoms with Crippen LogP contribution in [0.1, 0.15) is 11.1 Å². The Morgan fingerprint density at radius 1 is 0.952 bits per heavy atom. The van der Waals surface area contributed by atoms with E-state index in [9.17, 15) is 0 Å². The molecular formula is C17H22N4. The van der Waals surface area contributed by atoms with Crippen LogP contribution in [0, 0.1) is 13.8 Å². The summed E-state index contributed by atoms with van der Waals surface area (Å²) in [6.07, 6.45) is 3.54. The van der Waals surface area contributed by atoms with Crippen molar-refractivity contribution in [3.8, 4) is 0 Å². The number of piperazine rings is 1. The van der Waals surface area contributed by atoms with Crippen LogP contribution in [0.3, 0.4) is 0 Å². The molecule has 1 saturated heterocycles. The van der Waals surface area contributed by atoms with E-state index in [0.717, 1.165) is 37.6 Å². The molecule has 1 aliphatic heterocycles. The molecule has 0 atom stereocenters. The van der Waals surface area contributed by atoms with Gasteiger partial charge in [-0.05, 0) is 31.5 Å². The van der Waals surface area contributed by atoms with Crippen LogP contribution in [-0.2, 0) is 0 Å². The van der Waals surface area contributed by atoms with Gasteiger partial charge in [0.15, 0.2) is 0 Å². The Morgan fingerprint density at radius 2 is 1.62 bits per heavy atom. The first-order valence-corrected chi connectivity index (χ1v) is 7.42. The first kappa shape index (κ1) is 13.7. The third kappa shape index (κ3) is 2.79. The molecule has 2 N–H and O–H groups in total. The number of pyridine rings is 1. The lowest BCUT2D eigenvalue weighted by molar-refractivity contribution is 0.652. The number of nitrogen functional groups attached to an aromatic ring is 1. The highest BCUT2D eigenvalue weighted by molar-refractivity contribution is 5.67. The molecule has 0 aliphatic carbocycles. The van der Waals surface area contributed by atoms with Crippen LogP contribution in [0.4, 0.5) is 17.1 Å². The molecule has 0 spiro atoms. The Balaban J connectivity index is 1.72. The molecule has 0 unspecified atom stereocenters. The van der Waals surface area contributed by atoms with Crippen LogP contribution in [0.5, 0.6) is 0 Å². The van der Waals surface area contributed by atoms with Gasteiger partial charge < -0.3 is 15.5 Å². The molecule has 1 fully saturated rings. The summed E-state index contributed by atoms with van der Waals surface area (Å²) in [5, 5.41) is 0. The molecule has 0 saturated carbocycles. The molecule has 1 aromatic carbocycles. The van der Waals surface area contributed by atoms with Gasteiger partial charge in [-0.3, -0.25) is 4.98 Å². The van der Waals surface area contributed by atoms with Crippen molar-refractivity contribution >= 4 is 17.1 Å². The molecule has 1 aromatic heterocycles. The molecule has 2 heterocycles. The summed E-state index contributed by atoms with van der Waals surface area (Å²) in [4.78, 5) is 8.87. The van der Waals surface area contributed by atoms with Gasteiger partial charge in [-0.15, -0.1) is 0 Å². The van der Waals surface area contributed by atoms with E-state index in [4.69, 9.17) is 5.73 Å². The van der Waals surface area contributed by atoms with E-state index in [1.807, 2.05) is 12.3 Å². The highest BCUT2D eigenvalue weighted by atomic mass is 15.3. The summed E-state index contributed by atoms with van der Waals surface area (Å²) < 4.78 is 0. The van der Waals surface area contributed by atoms with E-state index >= 15 is 0 Å². The molecule has 2 aromatic rings. The van der Waals surface area contributed by atoms with E-state index in [2.05, 4.69) is 46.8 Å². The number of nitrogens with two attached hydrogens (primary N) is 1. The van der Waals surface area contributed by atoms with Gasteiger partial charge >= 0.3 is 0 Å². The van der Waals surface area contributed by atoms with Crippen LogP contribution < -0.4 is 15.5 Å². The smallest absolute Gasteiger partial charge is 0.0738 e. The minimum absolute atomic E-state index is 0.762. The Labute approximate surface area is 126 Å². The van der Waals surface area contributed by atoms with Crippen molar-refractivity contribution < 1.29 is 0 Å². The topological polar surface area (TPSA) is 45.4 Å². The normalized spacial score (nSPS) is 15.3. The van der Waals surface area contributed by atoms with Crippen molar-refractivity contribution in [1.29, 1.82) is 0 Å². The maximum absolute atomic E-state index is 6.02. The van der Waals surface area contributed by atoms with Gasteiger partial charge in [-0.1, -0.05) is 17.7 Å². The van der Waals surface area contributed by atoms with Gasteiger partial charge in [0.25, 0.3) is 0 Å². The van der Waals surface area contributed by atoms with Crippen LogP contribution in [-0.4, -0.2) is 31.2 Å². The summed E-state index contributed by atoms with van der Waals surface area (Å²) in [6.45, 7) is 8.34. The molecule has 21 heavy (non-hydrogen) atoms. The van der Waals surface area contributed by atoms with E-state index < -0.39 is 0 Å². The molecule has 3 rings (SSSR count). The zero-order valence-corrected chi connectivity index (χ0v) is 12.7. The molecule has 0 amide bonds. The number of anilines is 3. The molecule has 110 valence electrons. The second-order valence-corrected chi connectivity index (χ2v) is 5.70. The van der Waals surface area contributed by atoms with Crippen molar-refractivity contribution in [3.63, 3.8) is 0 Å². The minimum Gasteiger partial charge on any atom is -0.396 e. The number of hydrogen-bond acceptors (Lipinski definition) is 4. The average molecular weight is 282 g/mol. The summed E-state index contributed by atoms with van der Waals surface area (Å²) in [7, 11) is 0. The van der Waals surface area contributed by atoms with Gasteiger partial charge in [-0.25, -0.2) is 0 Å². The zero-order valence-electron chi connectivity index (χ0n) is 12.7. The summed E-state index contributed by atoms with van der Waals surface area (Å²) in [5.41, 5.74) is 11.9. The third-order valence-electron chi connectivity index (χ3n) is 4.14. The number of aromatic nitrogens is 1. The number of benzene rings is 1. The van der Waals surface area contributed by atoms with E-state index in [-0.39, 0.29) is 0 Å². The average Bonchev–Trinajstić information content (AvgIpc) is 2.48. The summed E-state index contributed by atoms with van der Waals surface area (Å²) in [6, 6.07) is 8.68. The minimum atomic E-state index is 0.762. The second kappa shape index (κ2) is 5.64. The lowest BCUT2D eigenvalue weighted by atomic mass is 10.1. The Bertz CT molecular complexity index is 630. The molecule has 4 heteroatoms. The Morgan fingerprint density at radius 3 is 2.24 bits per heavy atom. The van der Waals surface area contributed by atoms with Crippen molar-refractivity contribution in [1.82, 2.24) is 4.98 Å². The number of aryl methyl sites for hydroxylation is 2. The van der Waals surface area contributed by atoms with E-state index in [1.165, 1.54) is 16.8 Å². The van der Waals surface area contributed by atoms with Crippen LogP contribution in [0.2, 0.25) is 0 Å². The maximum Gasteiger partial charge on any atom is 0.0738 e. The van der Waals surface area contributed by atoms with Gasteiger partial charge in [0, 0.05) is 38.1 Å². The number of rotatable bonds is 2. The Kier molecular flexibility index (Phi) is 3.69. The molecule has 4 nitrogen and oxygen atoms in total. The van der Waals surface area contributed by atoms with Crippen molar-refractivity contribution in [2.45, 2.75) is 13.8 Å². The van der Waals surface area contributed by atoms with Crippen LogP contribution in [0.25, 0.3) is 0 Å². The van der Waals surface area contributed by atoms with Crippen molar-refractivity contribution in [3.05, 3.63) is 47.8 Å². The first-order chi connectivity index (χ1) is 10.1. The van der Waals surface area contributed by atoms with Crippen LogP contribution in [0.15, 0.2) is 36.7 Å². The van der Waals surface area contributed by atoms with Gasteiger partial charge in [0.2, 0.25) is 0 Å². The van der Waals surface area contributed by atoms with E-state index in [1.54, 1.807) is 6.20 Å². The molecule has 1 aliphatic rings. The summed E-state index contributed by atoms with van der Waals surface area (Å²) >= 11 is 0. The summed E-state index contributed by atoms with van der Waals surface area (Å²) in [5.74, 6) is 0. The quantitative estimate of drug-likeness (QED) is 0.919. The van der Waals surface area contributed by atoms with Gasteiger partial charge in [0.1, 0.15) is 0 Å². The standard InChI is InChI=1S/C17H22N4/c1-13-3-4-16(14(2)11-13)20-7-9-21(10-8-20)17-5-6-19-12-15(17)18/h3-6,11-12H,7-10,18H2,1-2H3. The second-order valence-electron chi connectivity index (χ2n) is 5.70. The SMILES string of the molecule is Cc1ccc(N2CCN(c3ccncc3N)CC2)c(C)c1.